The molecule has 1 amide bonds. The van der Waals surface area contributed by atoms with E-state index in [1.54, 1.807) is 20.4 Å². The first-order chi connectivity index (χ1) is 10.1. The van der Waals surface area contributed by atoms with E-state index in [1.807, 2.05) is 13.0 Å². The number of carbonyl (C=O) groups excluding carboxylic acids is 1. The van der Waals surface area contributed by atoms with Crippen molar-refractivity contribution in [2.75, 3.05) is 39.2 Å². The molecule has 0 aliphatic carbocycles. The number of aryl methyl sites for hydroxylation is 1. The predicted molar refractivity (Wildman–Crippen MR) is 82.8 cm³/mol. The monoisotopic (exact) mass is 295 g/mol. The lowest BCUT2D eigenvalue weighted by atomic mass is 10.2. The maximum Gasteiger partial charge on any atom is 0.255 e. The minimum Gasteiger partial charge on any atom is -0.384 e. The molecule has 0 bridgehead atoms. The summed E-state index contributed by atoms with van der Waals surface area (Å²) in [5, 5.41) is 6.10. The Morgan fingerprint density at radius 1 is 1.43 bits per heavy atom. The molecule has 0 spiro atoms. The van der Waals surface area contributed by atoms with Crippen LogP contribution in [0.3, 0.4) is 0 Å². The minimum atomic E-state index is -0.167. The van der Waals surface area contributed by atoms with Crippen LogP contribution < -0.4 is 10.6 Å². The number of nitrogens with one attached hydrogen (secondary N) is 2. The summed E-state index contributed by atoms with van der Waals surface area (Å²) >= 11 is 0. The van der Waals surface area contributed by atoms with Crippen molar-refractivity contribution in [3.8, 4) is 0 Å². The van der Waals surface area contributed by atoms with Crippen LogP contribution in [0.2, 0.25) is 0 Å². The van der Waals surface area contributed by atoms with Gasteiger partial charge < -0.3 is 20.1 Å². The Labute approximate surface area is 126 Å². The van der Waals surface area contributed by atoms with Crippen LogP contribution in [-0.4, -0.2) is 50.9 Å². The minimum absolute atomic E-state index is 0.163. The van der Waals surface area contributed by atoms with Crippen molar-refractivity contribution in [3.05, 3.63) is 23.5 Å². The molecule has 1 aromatic heterocycles. The molecule has 0 aliphatic rings. The fourth-order valence-electron chi connectivity index (χ4n) is 1.84. The number of anilines is 1. The Balaban J connectivity index is 2.72. The van der Waals surface area contributed by atoms with Crippen molar-refractivity contribution >= 4 is 11.6 Å². The first-order valence-corrected chi connectivity index (χ1v) is 7.12. The first kappa shape index (κ1) is 17.4. The van der Waals surface area contributed by atoms with Crippen LogP contribution in [0, 0.1) is 6.92 Å². The second-order valence-electron chi connectivity index (χ2n) is 4.82. The summed E-state index contributed by atoms with van der Waals surface area (Å²) in [4.78, 5) is 16.5. The lowest BCUT2D eigenvalue weighted by molar-refractivity contribution is 0.0285. The zero-order valence-electron chi connectivity index (χ0n) is 13.2. The van der Waals surface area contributed by atoms with Crippen LogP contribution in [0.1, 0.15) is 29.4 Å². The van der Waals surface area contributed by atoms with Gasteiger partial charge in [-0.05, 0) is 19.4 Å². The summed E-state index contributed by atoms with van der Waals surface area (Å²) < 4.78 is 10.2. The number of methoxy groups -OCH3 is 2. The van der Waals surface area contributed by atoms with E-state index in [9.17, 15) is 4.79 Å². The van der Waals surface area contributed by atoms with E-state index in [0.717, 1.165) is 24.3 Å². The van der Waals surface area contributed by atoms with Gasteiger partial charge in [0.1, 0.15) is 0 Å². The van der Waals surface area contributed by atoms with Gasteiger partial charge in [-0.2, -0.15) is 0 Å². The lowest BCUT2D eigenvalue weighted by Gasteiger charge is -2.16. The molecule has 0 saturated heterocycles. The van der Waals surface area contributed by atoms with Crippen LogP contribution in [0.5, 0.6) is 0 Å². The van der Waals surface area contributed by atoms with Crippen LogP contribution in [0.25, 0.3) is 0 Å². The molecule has 0 aliphatic heterocycles. The van der Waals surface area contributed by atoms with Gasteiger partial charge in [-0.3, -0.25) is 9.78 Å². The van der Waals surface area contributed by atoms with E-state index in [1.165, 1.54) is 0 Å². The third kappa shape index (κ3) is 5.69. The first-order valence-electron chi connectivity index (χ1n) is 7.12. The Morgan fingerprint density at radius 2 is 2.19 bits per heavy atom. The van der Waals surface area contributed by atoms with E-state index in [0.29, 0.717) is 18.7 Å². The molecule has 0 saturated carbocycles. The van der Waals surface area contributed by atoms with Crippen molar-refractivity contribution in [1.82, 2.24) is 10.3 Å². The van der Waals surface area contributed by atoms with Gasteiger partial charge >= 0.3 is 0 Å². The highest BCUT2D eigenvalue weighted by Crippen LogP contribution is 2.15. The molecule has 0 aromatic carbocycles. The van der Waals surface area contributed by atoms with Crippen molar-refractivity contribution in [2.24, 2.45) is 0 Å². The van der Waals surface area contributed by atoms with Gasteiger partial charge in [0.2, 0.25) is 0 Å². The summed E-state index contributed by atoms with van der Waals surface area (Å²) in [5.74, 6) is -0.167. The number of carbonyl (C=O) groups is 1. The molecule has 6 nitrogen and oxygen atoms in total. The molecule has 1 aromatic rings. The maximum absolute atomic E-state index is 12.3. The molecule has 2 N–H and O–H groups in total. The summed E-state index contributed by atoms with van der Waals surface area (Å²) in [5.41, 5.74) is 2.23. The molecule has 1 rings (SSSR count). The number of ether oxygens (including phenoxy) is 2. The summed E-state index contributed by atoms with van der Waals surface area (Å²) in [7, 11) is 3.20. The Kier molecular flexibility index (Phi) is 7.71. The predicted octanol–water partition coefficient (Wildman–Crippen LogP) is 1.60. The van der Waals surface area contributed by atoms with Crippen molar-refractivity contribution in [1.29, 1.82) is 0 Å². The highest BCUT2D eigenvalue weighted by atomic mass is 16.5. The molecule has 118 valence electrons. The van der Waals surface area contributed by atoms with E-state index in [4.69, 9.17) is 9.47 Å². The second kappa shape index (κ2) is 9.31. The summed E-state index contributed by atoms with van der Waals surface area (Å²) in [6.07, 6.45) is 2.42. The number of amides is 1. The molecule has 0 fully saturated rings. The highest BCUT2D eigenvalue weighted by molar-refractivity contribution is 5.99. The number of aromatic nitrogens is 1. The smallest absolute Gasteiger partial charge is 0.255 e. The van der Waals surface area contributed by atoms with Gasteiger partial charge in [0, 0.05) is 39.2 Å². The normalized spacial score (nSPS) is 12.0. The quantitative estimate of drug-likeness (QED) is 0.724. The number of hydrogen-bond donors (Lipinski definition) is 2. The fourth-order valence-corrected chi connectivity index (χ4v) is 1.84. The zero-order chi connectivity index (χ0) is 15.7. The van der Waals surface area contributed by atoms with E-state index < -0.39 is 0 Å². The van der Waals surface area contributed by atoms with Crippen molar-refractivity contribution in [2.45, 2.75) is 26.4 Å². The van der Waals surface area contributed by atoms with Crippen molar-refractivity contribution < 1.29 is 14.3 Å². The van der Waals surface area contributed by atoms with E-state index in [2.05, 4.69) is 22.5 Å². The third-order valence-electron chi connectivity index (χ3n) is 3.03. The van der Waals surface area contributed by atoms with Crippen LogP contribution >= 0.6 is 0 Å². The topological polar surface area (TPSA) is 72.5 Å². The molecular formula is C15H25N3O3. The summed E-state index contributed by atoms with van der Waals surface area (Å²) in [6.45, 7) is 5.62. The molecular weight excluding hydrogens is 270 g/mol. The van der Waals surface area contributed by atoms with Gasteiger partial charge in [0.15, 0.2) is 0 Å². The zero-order valence-corrected chi connectivity index (χ0v) is 13.2. The third-order valence-corrected chi connectivity index (χ3v) is 3.03. The van der Waals surface area contributed by atoms with Crippen LogP contribution in [0.4, 0.5) is 5.69 Å². The molecule has 21 heavy (non-hydrogen) atoms. The van der Waals surface area contributed by atoms with Crippen molar-refractivity contribution in [3.63, 3.8) is 0 Å². The summed E-state index contributed by atoms with van der Waals surface area (Å²) in [6, 6.07) is 1.88. The fraction of sp³-hybridized carbons (Fsp3) is 0.600. The largest absolute Gasteiger partial charge is 0.384 e. The number of rotatable bonds is 9. The molecule has 1 heterocycles. The van der Waals surface area contributed by atoms with Gasteiger partial charge in [-0.25, -0.2) is 0 Å². The molecule has 1 atom stereocenters. The average molecular weight is 295 g/mol. The standard InChI is InChI=1S/C15H25N3O3/c1-5-6-16-14-7-11(2)17-9-13(14)15(19)18-8-12(21-4)10-20-3/h7,9,12H,5-6,8,10H2,1-4H3,(H,16,17)(H,18,19). The van der Waals surface area contributed by atoms with E-state index >= 15 is 0 Å². The Hall–Kier alpha value is -1.66. The molecule has 6 heteroatoms. The van der Waals surface area contributed by atoms with Gasteiger partial charge in [-0.15, -0.1) is 0 Å². The average Bonchev–Trinajstić information content (AvgIpc) is 2.49. The van der Waals surface area contributed by atoms with Gasteiger partial charge in [0.25, 0.3) is 5.91 Å². The molecule has 1 unspecified atom stereocenters. The van der Waals surface area contributed by atoms with E-state index in [-0.39, 0.29) is 12.0 Å². The Morgan fingerprint density at radius 3 is 2.81 bits per heavy atom. The number of pyridine rings is 1. The van der Waals surface area contributed by atoms with Crippen LogP contribution in [-0.2, 0) is 9.47 Å². The Bertz CT molecular complexity index is 452. The number of nitrogens with zero attached hydrogens (tertiary/aromatic N) is 1. The molecule has 0 radical (unpaired) electrons. The SMILES string of the molecule is CCCNc1cc(C)ncc1C(=O)NCC(COC)OC. The second-order valence-corrected chi connectivity index (χ2v) is 4.82. The van der Waals surface area contributed by atoms with Crippen LogP contribution in [0.15, 0.2) is 12.3 Å². The number of hydrogen-bond acceptors (Lipinski definition) is 5. The van der Waals surface area contributed by atoms with Gasteiger partial charge in [-0.1, -0.05) is 6.92 Å². The maximum atomic E-state index is 12.3. The highest BCUT2D eigenvalue weighted by Gasteiger charge is 2.14. The lowest BCUT2D eigenvalue weighted by Crippen LogP contribution is -2.36. The van der Waals surface area contributed by atoms with Gasteiger partial charge in [0.05, 0.1) is 24.0 Å².